The van der Waals surface area contributed by atoms with E-state index < -0.39 is 0 Å². The van der Waals surface area contributed by atoms with Crippen LogP contribution < -0.4 is 0 Å². The van der Waals surface area contributed by atoms with Crippen molar-refractivity contribution in [2.24, 2.45) is 5.92 Å². The maximum atomic E-state index is 9.49. The Labute approximate surface area is 97.4 Å². The van der Waals surface area contributed by atoms with E-state index >= 15 is 0 Å². The van der Waals surface area contributed by atoms with Gasteiger partial charge >= 0.3 is 0 Å². The number of hydrogen-bond acceptors (Lipinski definition) is 1. The van der Waals surface area contributed by atoms with Crippen LogP contribution in [-0.2, 0) is 5.41 Å². The van der Waals surface area contributed by atoms with Crippen LogP contribution in [0.1, 0.15) is 30.9 Å². The monoisotopic (exact) mass is 211 g/mol. The summed E-state index contributed by atoms with van der Waals surface area (Å²) in [6.45, 7) is 8.11. The third-order valence-electron chi connectivity index (χ3n) is 3.78. The molecule has 0 aliphatic heterocycles. The fraction of sp³-hybridized carbons (Fsp3) is 0.400. The van der Waals surface area contributed by atoms with Crippen molar-refractivity contribution in [1.82, 2.24) is 0 Å². The molecule has 1 aromatic carbocycles. The second-order valence-electron chi connectivity index (χ2n) is 4.89. The molecule has 0 saturated heterocycles. The van der Waals surface area contributed by atoms with Gasteiger partial charge in [0.2, 0.25) is 0 Å². The Balaban J connectivity index is 2.40. The molecule has 0 radical (unpaired) electrons. The third kappa shape index (κ3) is 1.46. The van der Waals surface area contributed by atoms with Crippen LogP contribution in [0.3, 0.4) is 0 Å². The highest BCUT2D eigenvalue weighted by Gasteiger charge is 2.48. The van der Waals surface area contributed by atoms with Crippen LogP contribution >= 0.6 is 0 Å². The first-order chi connectivity index (χ1) is 7.60. The van der Waals surface area contributed by atoms with Crippen LogP contribution in [0.2, 0.25) is 0 Å². The molecular formula is C15H17N. The second-order valence-corrected chi connectivity index (χ2v) is 4.89. The lowest BCUT2D eigenvalue weighted by Crippen LogP contribution is -2.43. The minimum atomic E-state index is -0.306. The fourth-order valence-electron chi connectivity index (χ4n) is 2.64. The summed E-state index contributed by atoms with van der Waals surface area (Å²) in [5.74, 6) is 0.334. The number of nitrogens with zero attached hydrogens (tertiary/aromatic N) is 1. The number of nitriles is 1. The Kier molecular flexibility index (Phi) is 2.59. The Morgan fingerprint density at radius 1 is 1.44 bits per heavy atom. The van der Waals surface area contributed by atoms with Crippen LogP contribution in [0.5, 0.6) is 0 Å². The molecule has 1 fully saturated rings. The van der Waals surface area contributed by atoms with Gasteiger partial charge in [-0.2, -0.15) is 5.26 Å². The molecule has 0 unspecified atom stereocenters. The molecule has 1 aliphatic rings. The summed E-state index contributed by atoms with van der Waals surface area (Å²) in [6, 6.07) is 10.9. The molecule has 1 heteroatoms. The lowest BCUT2D eigenvalue weighted by Gasteiger charge is -2.45. The average molecular weight is 211 g/mol. The van der Waals surface area contributed by atoms with Crippen LogP contribution in [0, 0.1) is 24.2 Å². The van der Waals surface area contributed by atoms with Crippen molar-refractivity contribution in [1.29, 1.82) is 5.26 Å². The van der Waals surface area contributed by atoms with Crippen LogP contribution in [0.15, 0.2) is 36.4 Å². The van der Waals surface area contributed by atoms with E-state index in [1.165, 1.54) is 5.56 Å². The maximum absolute atomic E-state index is 9.49. The molecule has 0 bridgehead atoms. The van der Waals surface area contributed by atoms with E-state index in [1.807, 2.05) is 6.92 Å². The van der Waals surface area contributed by atoms with Gasteiger partial charge in [-0.15, -0.1) is 0 Å². The van der Waals surface area contributed by atoms with Crippen molar-refractivity contribution in [3.63, 3.8) is 0 Å². The van der Waals surface area contributed by atoms with Gasteiger partial charge in [0, 0.05) is 5.92 Å². The Bertz CT molecular complexity index is 449. The zero-order valence-corrected chi connectivity index (χ0v) is 9.96. The average Bonchev–Trinajstić information content (AvgIpc) is 2.20. The number of rotatable bonds is 2. The molecule has 82 valence electrons. The quantitative estimate of drug-likeness (QED) is 0.683. The van der Waals surface area contributed by atoms with E-state index in [0.29, 0.717) is 5.92 Å². The van der Waals surface area contributed by atoms with E-state index in [1.54, 1.807) is 0 Å². The van der Waals surface area contributed by atoms with Crippen molar-refractivity contribution in [3.05, 3.63) is 47.5 Å². The predicted octanol–water partition coefficient (Wildman–Crippen LogP) is 3.74. The van der Waals surface area contributed by atoms with Gasteiger partial charge in [0.15, 0.2) is 0 Å². The molecule has 0 heterocycles. The summed E-state index contributed by atoms with van der Waals surface area (Å²) in [4.78, 5) is 0. The van der Waals surface area contributed by atoms with Crippen LogP contribution in [-0.4, -0.2) is 0 Å². The summed E-state index contributed by atoms with van der Waals surface area (Å²) in [6.07, 6.45) is 2.06. The Hall–Kier alpha value is -1.55. The first kappa shape index (κ1) is 11.0. The standard InChI is InChI=1S/C15H17N/c1-11(2)14-8-9-15(14,10-16)13-6-4-12(3)5-7-13/h4-7,14H,1,8-9H2,2-3H3/t14-,15-/m1/s1. The summed E-state index contributed by atoms with van der Waals surface area (Å²) < 4.78 is 0. The van der Waals surface area contributed by atoms with Crippen molar-refractivity contribution < 1.29 is 0 Å². The highest BCUT2D eigenvalue weighted by atomic mass is 14.5. The zero-order chi connectivity index (χ0) is 11.8. The number of aryl methyl sites for hydroxylation is 1. The molecular weight excluding hydrogens is 194 g/mol. The lowest BCUT2D eigenvalue weighted by atomic mass is 9.55. The number of hydrogen-bond donors (Lipinski definition) is 0. The van der Waals surface area contributed by atoms with Gasteiger partial charge in [0.25, 0.3) is 0 Å². The topological polar surface area (TPSA) is 23.8 Å². The van der Waals surface area contributed by atoms with Crippen molar-refractivity contribution in [2.75, 3.05) is 0 Å². The van der Waals surface area contributed by atoms with E-state index in [2.05, 4.69) is 43.8 Å². The molecule has 1 nitrogen and oxygen atoms in total. The van der Waals surface area contributed by atoms with Crippen molar-refractivity contribution in [2.45, 2.75) is 32.1 Å². The van der Waals surface area contributed by atoms with E-state index in [0.717, 1.165) is 24.0 Å². The van der Waals surface area contributed by atoms with Gasteiger partial charge in [-0.05, 0) is 32.3 Å². The van der Waals surface area contributed by atoms with Gasteiger partial charge in [0.05, 0.1) is 11.5 Å². The van der Waals surface area contributed by atoms with Crippen LogP contribution in [0.25, 0.3) is 0 Å². The Morgan fingerprint density at radius 2 is 2.06 bits per heavy atom. The molecule has 0 N–H and O–H groups in total. The normalized spacial score (nSPS) is 27.9. The molecule has 1 saturated carbocycles. The second kappa shape index (κ2) is 3.79. The van der Waals surface area contributed by atoms with Crippen molar-refractivity contribution >= 4 is 0 Å². The smallest absolute Gasteiger partial charge is 0.0887 e. The number of allylic oxidation sites excluding steroid dienone is 1. The third-order valence-corrected chi connectivity index (χ3v) is 3.78. The van der Waals surface area contributed by atoms with E-state index in [4.69, 9.17) is 0 Å². The van der Waals surface area contributed by atoms with Crippen LogP contribution in [0.4, 0.5) is 0 Å². The van der Waals surface area contributed by atoms with Gasteiger partial charge < -0.3 is 0 Å². The van der Waals surface area contributed by atoms with Gasteiger partial charge in [-0.1, -0.05) is 42.0 Å². The first-order valence-corrected chi connectivity index (χ1v) is 5.74. The fourth-order valence-corrected chi connectivity index (χ4v) is 2.64. The summed E-state index contributed by atoms with van der Waals surface area (Å²) in [7, 11) is 0. The van der Waals surface area contributed by atoms with E-state index in [9.17, 15) is 5.26 Å². The molecule has 1 aromatic rings. The molecule has 0 amide bonds. The molecule has 0 aromatic heterocycles. The summed E-state index contributed by atoms with van der Waals surface area (Å²) in [5, 5.41) is 9.49. The lowest BCUT2D eigenvalue weighted by molar-refractivity contribution is 0.219. The minimum Gasteiger partial charge on any atom is -0.197 e. The van der Waals surface area contributed by atoms with Crippen molar-refractivity contribution in [3.8, 4) is 6.07 Å². The molecule has 16 heavy (non-hydrogen) atoms. The largest absolute Gasteiger partial charge is 0.197 e. The SMILES string of the molecule is C=C(C)[C@H]1CC[C@@]1(C#N)c1ccc(C)cc1. The minimum absolute atomic E-state index is 0.306. The number of benzene rings is 1. The summed E-state index contributed by atoms with van der Waals surface area (Å²) in [5.41, 5.74) is 3.22. The highest BCUT2D eigenvalue weighted by molar-refractivity contribution is 5.41. The molecule has 2 rings (SSSR count). The molecule has 2 atom stereocenters. The molecule has 0 spiro atoms. The van der Waals surface area contributed by atoms with Gasteiger partial charge in [-0.3, -0.25) is 0 Å². The highest BCUT2D eigenvalue weighted by Crippen LogP contribution is 2.51. The first-order valence-electron chi connectivity index (χ1n) is 5.74. The predicted molar refractivity (Wildman–Crippen MR) is 66.0 cm³/mol. The maximum Gasteiger partial charge on any atom is 0.0887 e. The zero-order valence-electron chi connectivity index (χ0n) is 9.96. The summed E-state index contributed by atoms with van der Waals surface area (Å²) >= 11 is 0. The Morgan fingerprint density at radius 3 is 2.44 bits per heavy atom. The van der Waals surface area contributed by atoms with Gasteiger partial charge in [-0.25, -0.2) is 0 Å². The van der Waals surface area contributed by atoms with E-state index in [-0.39, 0.29) is 5.41 Å². The van der Waals surface area contributed by atoms with Gasteiger partial charge in [0.1, 0.15) is 0 Å². The molecule has 1 aliphatic carbocycles.